The van der Waals surface area contributed by atoms with Gasteiger partial charge in [-0.25, -0.2) is 0 Å². The molecular formula is C7H14OS. The number of carbonyl (C=O) groups is 1. The summed E-state index contributed by atoms with van der Waals surface area (Å²) >= 11 is 4.31. The zero-order chi connectivity index (χ0) is 7.49. The van der Waals surface area contributed by atoms with Crippen LogP contribution in [0, 0.1) is 0 Å². The van der Waals surface area contributed by atoms with E-state index in [9.17, 15) is 4.79 Å². The van der Waals surface area contributed by atoms with E-state index in [1.165, 1.54) is 0 Å². The lowest BCUT2D eigenvalue weighted by molar-refractivity contribution is -0.117. The fourth-order valence-electron chi connectivity index (χ4n) is 0.661. The summed E-state index contributed by atoms with van der Waals surface area (Å²) in [6.07, 6.45) is 1.52. The van der Waals surface area contributed by atoms with Crippen LogP contribution in [0.15, 0.2) is 0 Å². The van der Waals surface area contributed by atoms with Crippen molar-refractivity contribution < 1.29 is 4.79 Å². The number of Topliss-reactive ketones (excluding diaryl/α,β-unsaturated/α-hetero) is 1. The van der Waals surface area contributed by atoms with Gasteiger partial charge in [-0.2, -0.15) is 12.6 Å². The molecule has 0 spiro atoms. The molecule has 9 heavy (non-hydrogen) atoms. The second-order valence-corrected chi connectivity index (χ2v) is 3.81. The minimum absolute atomic E-state index is 0.0914. The Kier molecular flexibility index (Phi) is 3.26. The number of hydrogen-bond donors (Lipinski definition) is 1. The van der Waals surface area contributed by atoms with E-state index in [0.717, 1.165) is 6.42 Å². The first-order valence-corrected chi connectivity index (χ1v) is 3.64. The van der Waals surface area contributed by atoms with Gasteiger partial charge in [0.2, 0.25) is 0 Å². The molecule has 1 unspecified atom stereocenters. The molecule has 0 amide bonds. The summed E-state index contributed by atoms with van der Waals surface area (Å²) in [5.74, 6) is 0.217. The Balaban J connectivity index is 3.71. The third-order valence-electron chi connectivity index (χ3n) is 1.39. The number of rotatable bonds is 3. The van der Waals surface area contributed by atoms with E-state index in [1.54, 1.807) is 6.92 Å². The van der Waals surface area contributed by atoms with Crippen LogP contribution in [0.25, 0.3) is 0 Å². The highest BCUT2D eigenvalue weighted by Gasteiger charge is 2.17. The molecular weight excluding hydrogens is 132 g/mol. The zero-order valence-corrected chi connectivity index (χ0v) is 7.16. The highest BCUT2D eigenvalue weighted by atomic mass is 32.1. The van der Waals surface area contributed by atoms with Gasteiger partial charge in [0.25, 0.3) is 0 Å². The Morgan fingerprint density at radius 2 is 2.11 bits per heavy atom. The van der Waals surface area contributed by atoms with Crippen molar-refractivity contribution in [2.45, 2.75) is 38.4 Å². The molecule has 0 bridgehead atoms. The zero-order valence-electron chi connectivity index (χ0n) is 6.27. The van der Waals surface area contributed by atoms with E-state index in [2.05, 4.69) is 12.6 Å². The number of ketones is 1. The molecule has 2 heteroatoms. The normalized spacial score (nSPS) is 16.9. The maximum absolute atomic E-state index is 10.6. The monoisotopic (exact) mass is 146 g/mol. The molecule has 0 fully saturated rings. The standard InChI is InChI=1S/C7H14OS/c1-4-7(3,9)5-6(2)8/h9H,4-5H2,1-3H3. The number of carbonyl (C=O) groups excluding carboxylic acids is 1. The van der Waals surface area contributed by atoms with Crippen molar-refractivity contribution in [3.05, 3.63) is 0 Å². The SMILES string of the molecule is CCC(C)(S)CC(C)=O. The summed E-state index contributed by atoms with van der Waals surface area (Å²) in [6, 6.07) is 0. The lowest BCUT2D eigenvalue weighted by Gasteiger charge is -2.18. The highest BCUT2D eigenvalue weighted by molar-refractivity contribution is 7.81. The van der Waals surface area contributed by atoms with Gasteiger partial charge in [0, 0.05) is 11.2 Å². The Morgan fingerprint density at radius 3 is 2.22 bits per heavy atom. The Hall–Kier alpha value is 0.0200. The van der Waals surface area contributed by atoms with Crippen LogP contribution in [0.3, 0.4) is 0 Å². The van der Waals surface area contributed by atoms with E-state index < -0.39 is 0 Å². The van der Waals surface area contributed by atoms with Crippen LogP contribution >= 0.6 is 12.6 Å². The fraction of sp³-hybridized carbons (Fsp3) is 0.857. The van der Waals surface area contributed by atoms with Crippen molar-refractivity contribution in [2.24, 2.45) is 0 Å². The first-order valence-electron chi connectivity index (χ1n) is 3.20. The Labute approximate surface area is 62.2 Å². The molecule has 0 saturated carbocycles. The van der Waals surface area contributed by atoms with Crippen molar-refractivity contribution in [1.82, 2.24) is 0 Å². The van der Waals surface area contributed by atoms with Gasteiger partial charge in [-0.3, -0.25) is 4.79 Å². The second kappa shape index (κ2) is 3.25. The lowest BCUT2D eigenvalue weighted by Crippen LogP contribution is -2.18. The second-order valence-electron chi connectivity index (χ2n) is 2.73. The molecule has 0 N–H and O–H groups in total. The Bertz CT molecular complexity index is 107. The first kappa shape index (κ1) is 9.02. The third-order valence-corrected chi connectivity index (χ3v) is 1.87. The van der Waals surface area contributed by atoms with Crippen LogP contribution in [0.5, 0.6) is 0 Å². The smallest absolute Gasteiger partial charge is 0.131 e. The lowest BCUT2D eigenvalue weighted by atomic mass is 10.0. The van der Waals surface area contributed by atoms with Gasteiger partial charge in [0.15, 0.2) is 0 Å². The minimum Gasteiger partial charge on any atom is -0.300 e. The van der Waals surface area contributed by atoms with Crippen molar-refractivity contribution in [3.63, 3.8) is 0 Å². The van der Waals surface area contributed by atoms with E-state index >= 15 is 0 Å². The van der Waals surface area contributed by atoms with Crippen LogP contribution in [-0.2, 0) is 4.79 Å². The molecule has 54 valence electrons. The average Bonchev–Trinajstić information content (AvgIpc) is 1.63. The maximum atomic E-state index is 10.6. The number of thiol groups is 1. The number of hydrogen-bond acceptors (Lipinski definition) is 2. The van der Waals surface area contributed by atoms with Crippen molar-refractivity contribution >= 4 is 18.4 Å². The van der Waals surface area contributed by atoms with Gasteiger partial charge in [-0.15, -0.1) is 0 Å². The summed E-state index contributed by atoms with van der Waals surface area (Å²) in [5, 5.41) is 0. The molecule has 0 aromatic rings. The molecule has 0 aliphatic heterocycles. The van der Waals surface area contributed by atoms with E-state index in [4.69, 9.17) is 0 Å². The van der Waals surface area contributed by atoms with Crippen LogP contribution < -0.4 is 0 Å². The van der Waals surface area contributed by atoms with E-state index in [0.29, 0.717) is 6.42 Å². The topological polar surface area (TPSA) is 17.1 Å². The quantitative estimate of drug-likeness (QED) is 0.603. The van der Waals surface area contributed by atoms with Crippen molar-refractivity contribution in [3.8, 4) is 0 Å². The molecule has 0 heterocycles. The van der Waals surface area contributed by atoms with Crippen molar-refractivity contribution in [1.29, 1.82) is 0 Å². The summed E-state index contributed by atoms with van der Waals surface area (Å²) < 4.78 is -0.0914. The molecule has 0 aromatic heterocycles. The van der Waals surface area contributed by atoms with Crippen LogP contribution in [0.1, 0.15) is 33.6 Å². The predicted octanol–water partition coefficient (Wildman–Crippen LogP) is 2.06. The highest BCUT2D eigenvalue weighted by Crippen LogP contribution is 2.22. The van der Waals surface area contributed by atoms with Crippen LogP contribution in [0.4, 0.5) is 0 Å². The van der Waals surface area contributed by atoms with Gasteiger partial charge in [0.05, 0.1) is 0 Å². The van der Waals surface area contributed by atoms with E-state index in [1.807, 2.05) is 13.8 Å². The fourth-order valence-corrected chi connectivity index (χ4v) is 0.884. The van der Waals surface area contributed by atoms with Crippen molar-refractivity contribution in [2.75, 3.05) is 0 Å². The summed E-state index contributed by atoms with van der Waals surface area (Å²) in [6.45, 7) is 5.62. The van der Waals surface area contributed by atoms with E-state index in [-0.39, 0.29) is 10.5 Å². The first-order chi connectivity index (χ1) is 3.98. The van der Waals surface area contributed by atoms with Gasteiger partial charge in [-0.05, 0) is 13.3 Å². The molecule has 0 rings (SSSR count). The Morgan fingerprint density at radius 1 is 1.67 bits per heavy atom. The van der Waals surface area contributed by atoms with Gasteiger partial charge in [0.1, 0.15) is 5.78 Å². The largest absolute Gasteiger partial charge is 0.300 e. The molecule has 1 atom stereocenters. The third kappa shape index (κ3) is 4.52. The summed E-state index contributed by atoms with van der Waals surface area (Å²) in [4.78, 5) is 10.6. The molecule has 0 aromatic carbocycles. The molecule has 0 radical (unpaired) electrons. The average molecular weight is 146 g/mol. The van der Waals surface area contributed by atoms with Gasteiger partial charge in [-0.1, -0.05) is 13.8 Å². The summed E-state index contributed by atoms with van der Waals surface area (Å²) in [7, 11) is 0. The summed E-state index contributed by atoms with van der Waals surface area (Å²) in [5.41, 5.74) is 0. The molecule has 0 saturated heterocycles. The molecule has 0 aliphatic rings. The predicted molar refractivity (Wildman–Crippen MR) is 43.0 cm³/mol. The maximum Gasteiger partial charge on any atom is 0.131 e. The van der Waals surface area contributed by atoms with Crippen LogP contribution in [0.2, 0.25) is 0 Å². The minimum atomic E-state index is -0.0914. The molecule has 1 nitrogen and oxygen atoms in total. The van der Waals surface area contributed by atoms with Crippen LogP contribution in [-0.4, -0.2) is 10.5 Å². The molecule has 0 aliphatic carbocycles. The van der Waals surface area contributed by atoms with Gasteiger partial charge >= 0.3 is 0 Å². The van der Waals surface area contributed by atoms with Gasteiger partial charge < -0.3 is 0 Å².